The van der Waals surface area contributed by atoms with Crippen molar-refractivity contribution in [1.29, 1.82) is 0 Å². The zero-order valence-electron chi connectivity index (χ0n) is 12.3. The van der Waals surface area contributed by atoms with Gasteiger partial charge in [-0.05, 0) is 38.5 Å². The molecule has 0 aromatic rings. The van der Waals surface area contributed by atoms with Crippen LogP contribution in [0.1, 0.15) is 33.1 Å². The molecular formula is C15H24N2O3. The van der Waals surface area contributed by atoms with Crippen LogP contribution in [0.3, 0.4) is 0 Å². The molecule has 1 heterocycles. The van der Waals surface area contributed by atoms with Crippen molar-refractivity contribution < 1.29 is 14.7 Å². The Hall–Kier alpha value is -1.52. The smallest absolute Gasteiger partial charge is 0.326 e. The van der Waals surface area contributed by atoms with Gasteiger partial charge in [0.25, 0.3) is 0 Å². The van der Waals surface area contributed by atoms with Crippen LogP contribution in [0, 0.1) is 11.8 Å². The molecular weight excluding hydrogens is 256 g/mol. The first kappa shape index (κ1) is 14.9. The molecule has 20 heavy (non-hydrogen) atoms. The maximum Gasteiger partial charge on any atom is 0.326 e. The van der Waals surface area contributed by atoms with Crippen molar-refractivity contribution in [2.75, 3.05) is 19.6 Å². The standard InChI is InChI=1S/C15H24N2O3/c1-4-16(8-10(2)3)15(20)17-9-11-6-5-7-12(11)13(17)14(18)19/h11-13H,2,4-9H2,1,3H3,(H,18,19). The first-order valence-electron chi connectivity index (χ1n) is 7.38. The van der Waals surface area contributed by atoms with Gasteiger partial charge in [-0.25, -0.2) is 9.59 Å². The number of aliphatic carboxylic acids is 1. The molecule has 0 aromatic heterocycles. The third-order valence-electron chi connectivity index (χ3n) is 4.50. The van der Waals surface area contributed by atoms with E-state index in [2.05, 4.69) is 6.58 Å². The Morgan fingerprint density at radius 3 is 2.65 bits per heavy atom. The SMILES string of the molecule is C=C(C)CN(CC)C(=O)N1CC2CCCC2C1C(=O)O. The topological polar surface area (TPSA) is 60.9 Å². The van der Waals surface area contributed by atoms with Crippen molar-refractivity contribution in [3.05, 3.63) is 12.2 Å². The van der Waals surface area contributed by atoms with E-state index in [1.54, 1.807) is 9.80 Å². The van der Waals surface area contributed by atoms with Crippen molar-refractivity contribution in [3.63, 3.8) is 0 Å². The van der Waals surface area contributed by atoms with Gasteiger partial charge < -0.3 is 14.9 Å². The number of carboxylic acids is 1. The molecule has 5 heteroatoms. The maximum absolute atomic E-state index is 12.6. The number of rotatable bonds is 4. The van der Waals surface area contributed by atoms with E-state index in [4.69, 9.17) is 0 Å². The molecule has 3 unspecified atom stereocenters. The highest BCUT2D eigenvalue weighted by atomic mass is 16.4. The minimum absolute atomic E-state index is 0.139. The fourth-order valence-corrected chi connectivity index (χ4v) is 3.64. The molecule has 3 atom stereocenters. The number of likely N-dealkylation sites (N-methyl/N-ethyl adjacent to an activating group) is 1. The third-order valence-corrected chi connectivity index (χ3v) is 4.50. The van der Waals surface area contributed by atoms with Crippen molar-refractivity contribution >= 4 is 12.0 Å². The fourth-order valence-electron chi connectivity index (χ4n) is 3.64. The summed E-state index contributed by atoms with van der Waals surface area (Å²) in [5.41, 5.74) is 0.909. The van der Waals surface area contributed by atoms with Crippen LogP contribution in [0.25, 0.3) is 0 Å². The second-order valence-corrected chi connectivity index (χ2v) is 6.04. The van der Waals surface area contributed by atoms with E-state index in [9.17, 15) is 14.7 Å². The van der Waals surface area contributed by atoms with Gasteiger partial charge >= 0.3 is 12.0 Å². The number of amides is 2. The molecule has 1 N–H and O–H groups in total. The molecule has 2 aliphatic rings. The first-order chi connectivity index (χ1) is 9.45. The van der Waals surface area contributed by atoms with E-state index < -0.39 is 12.0 Å². The Labute approximate surface area is 120 Å². The van der Waals surface area contributed by atoms with Gasteiger partial charge in [0.2, 0.25) is 0 Å². The minimum atomic E-state index is -0.862. The van der Waals surface area contributed by atoms with Crippen molar-refractivity contribution in [3.8, 4) is 0 Å². The number of hydrogen-bond acceptors (Lipinski definition) is 2. The van der Waals surface area contributed by atoms with Gasteiger partial charge in [-0.1, -0.05) is 18.6 Å². The molecule has 2 amide bonds. The lowest BCUT2D eigenvalue weighted by atomic mass is 9.94. The van der Waals surface area contributed by atoms with Gasteiger partial charge in [0.1, 0.15) is 6.04 Å². The quantitative estimate of drug-likeness (QED) is 0.803. The van der Waals surface area contributed by atoms with Crippen LogP contribution >= 0.6 is 0 Å². The lowest BCUT2D eigenvalue weighted by Gasteiger charge is -2.31. The number of likely N-dealkylation sites (tertiary alicyclic amines) is 1. The third kappa shape index (κ3) is 2.67. The Morgan fingerprint density at radius 1 is 1.40 bits per heavy atom. The van der Waals surface area contributed by atoms with Crippen LogP contribution in [0.4, 0.5) is 4.79 Å². The number of carbonyl (C=O) groups excluding carboxylic acids is 1. The Kier molecular flexibility index (Phi) is 4.35. The minimum Gasteiger partial charge on any atom is -0.480 e. The zero-order chi connectivity index (χ0) is 14.9. The van der Waals surface area contributed by atoms with Gasteiger partial charge in [0.15, 0.2) is 0 Å². The number of carboxylic acid groups (broad SMARTS) is 1. The predicted molar refractivity (Wildman–Crippen MR) is 76.4 cm³/mol. The highest BCUT2D eigenvalue weighted by Gasteiger charge is 2.50. The summed E-state index contributed by atoms with van der Waals surface area (Å²) in [5, 5.41) is 9.49. The van der Waals surface area contributed by atoms with Gasteiger partial charge in [-0.15, -0.1) is 0 Å². The van der Waals surface area contributed by atoms with Crippen molar-refractivity contribution in [1.82, 2.24) is 9.80 Å². The molecule has 0 aromatic carbocycles. The second-order valence-electron chi connectivity index (χ2n) is 6.04. The largest absolute Gasteiger partial charge is 0.480 e. The first-order valence-corrected chi connectivity index (χ1v) is 7.38. The van der Waals surface area contributed by atoms with Gasteiger partial charge in [0, 0.05) is 19.6 Å². The Morgan fingerprint density at radius 2 is 2.10 bits per heavy atom. The van der Waals surface area contributed by atoms with E-state index in [1.165, 1.54) is 0 Å². The number of fused-ring (bicyclic) bond motifs is 1. The highest BCUT2D eigenvalue weighted by Crippen LogP contribution is 2.42. The summed E-state index contributed by atoms with van der Waals surface area (Å²) in [7, 11) is 0. The van der Waals surface area contributed by atoms with Crippen molar-refractivity contribution in [2.24, 2.45) is 11.8 Å². The average Bonchev–Trinajstić information content (AvgIpc) is 2.93. The number of urea groups is 1. The molecule has 1 saturated carbocycles. The van der Waals surface area contributed by atoms with Crippen molar-refractivity contribution in [2.45, 2.75) is 39.2 Å². The molecule has 0 radical (unpaired) electrons. The van der Waals surface area contributed by atoms with E-state index in [-0.39, 0.29) is 11.9 Å². The molecule has 2 fully saturated rings. The number of nitrogens with zero attached hydrogens (tertiary/aromatic N) is 2. The number of carbonyl (C=O) groups is 2. The van der Waals surface area contributed by atoms with Gasteiger partial charge in [0.05, 0.1) is 0 Å². The molecule has 112 valence electrons. The summed E-state index contributed by atoms with van der Waals surface area (Å²) in [6.45, 7) is 9.28. The number of hydrogen-bond donors (Lipinski definition) is 1. The summed E-state index contributed by atoms with van der Waals surface area (Å²) in [5.74, 6) is -0.359. The van der Waals surface area contributed by atoms with Crippen LogP contribution < -0.4 is 0 Å². The van der Waals surface area contributed by atoms with E-state index in [0.29, 0.717) is 25.6 Å². The summed E-state index contributed by atoms with van der Waals surface area (Å²) in [6.07, 6.45) is 3.06. The summed E-state index contributed by atoms with van der Waals surface area (Å²) in [4.78, 5) is 27.4. The highest BCUT2D eigenvalue weighted by molar-refractivity contribution is 5.84. The van der Waals surface area contributed by atoms with Crippen LogP contribution in [-0.2, 0) is 4.79 Å². The molecule has 1 aliphatic heterocycles. The van der Waals surface area contributed by atoms with Gasteiger partial charge in [-0.3, -0.25) is 0 Å². The van der Waals surface area contributed by atoms with Crippen LogP contribution in [0.5, 0.6) is 0 Å². The lowest BCUT2D eigenvalue weighted by Crippen LogP contribution is -2.49. The zero-order valence-corrected chi connectivity index (χ0v) is 12.3. The Bertz CT molecular complexity index is 421. The summed E-state index contributed by atoms with van der Waals surface area (Å²) in [6, 6.07) is -0.800. The van der Waals surface area contributed by atoms with E-state index in [1.807, 2.05) is 13.8 Å². The molecule has 1 saturated heterocycles. The monoisotopic (exact) mass is 280 g/mol. The molecule has 2 rings (SSSR count). The molecule has 0 bridgehead atoms. The Balaban J connectivity index is 2.15. The lowest BCUT2D eigenvalue weighted by molar-refractivity contribution is -0.142. The van der Waals surface area contributed by atoms with E-state index in [0.717, 1.165) is 24.8 Å². The normalized spacial score (nSPS) is 28.3. The van der Waals surface area contributed by atoms with Crippen LogP contribution in [0.15, 0.2) is 12.2 Å². The molecule has 0 spiro atoms. The summed E-state index contributed by atoms with van der Waals surface area (Å²) < 4.78 is 0. The van der Waals surface area contributed by atoms with Crippen LogP contribution in [0.2, 0.25) is 0 Å². The maximum atomic E-state index is 12.6. The van der Waals surface area contributed by atoms with Crippen LogP contribution in [-0.4, -0.2) is 52.6 Å². The summed E-state index contributed by atoms with van der Waals surface area (Å²) >= 11 is 0. The molecule has 1 aliphatic carbocycles. The van der Waals surface area contributed by atoms with E-state index >= 15 is 0 Å². The molecule has 5 nitrogen and oxygen atoms in total. The van der Waals surface area contributed by atoms with Gasteiger partial charge in [-0.2, -0.15) is 0 Å². The average molecular weight is 280 g/mol. The predicted octanol–water partition coefficient (Wildman–Crippen LogP) is 2.19. The second kappa shape index (κ2) is 5.85. The fraction of sp³-hybridized carbons (Fsp3) is 0.733.